The Morgan fingerprint density at radius 3 is 2.38 bits per heavy atom. The van der Waals surface area contributed by atoms with Crippen LogP contribution in [0.3, 0.4) is 0 Å². The highest BCUT2D eigenvalue weighted by molar-refractivity contribution is 5.74. The van der Waals surface area contributed by atoms with Gasteiger partial charge >= 0.3 is 12.1 Å². The van der Waals surface area contributed by atoms with Crippen LogP contribution in [-0.4, -0.2) is 33.9 Å². The van der Waals surface area contributed by atoms with E-state index in [0.717, 1.165) is 19.1 Å². The molecule has 1 aromatic heterocycles. The number of halogens is 5. The van der Waals surface area contributed by atoms with Gasteiger partial charge in [-0.3, -0.25) is 4.79 Å². The van der Waals surface area contributed by atoms with Crippen molar-refractivity contribution in [3.63, 3.8) is 0 Å². The summed E-state index contributed by atoms with van der Waals surface area (Å²) < 4.78 is 69.8. The van der Waals surface area contributed by atoms with Crippen LogP contribution in [0.5, 0.6) is 0 Å². The van der Waals surface area contributed by atoms with E-state index in [9.17, 15) is 31.5 Å². The summed E-state index contributed by atoms with van der Waals surface area (Å²) in [5.74, 6) is -4.53. The number of aromatic nitrogens is 1. The van der Waals surface area contributed by atoms with E-state index in [4.69, 9.17) is 9.84 Å². The van der Waals surface area contributed by atoms with Crippen LogP contribution in [0.25, 0.3) is 0 Å². The number of aliphatic carboxylic acids is 1. The minimum Gasteiger partial charge on any atom is -0.479 e. The molecule has 1 saturated heterocycles. The number of pyridine rings is 1. The minimum atomic E-state index is -4.87. The summed E-state index contributed by atoms with van der Waals surface area (Å²) in [7, 11) is 0. The maximum atomic E-state index is 13.3. The molecule has 5 nitrogen and oxygen atoms in total. The van der Waals surface area contributed by atoms with Gasteiger partial charge in [0.15, 0.2) is 11.7 Å². The number of nitrogens with one attached hydrogen (secondary N) is 1. The number of H-pyrrole nitrogens is 1. The lowest BCUT2D eigenvalue weighted by atomic mass is 9.77. The molecule has 0 aliphatic carbocycles. The summed E-state index contributed by atoms with van der Waals surface area (Å²) in [6, 6.07) is 1.76. The van der Waals surface area contributed by atoms with Crippen molar-refractivity contribution in [3.8, 4) is 0 Å². The van der Waals surface area contributed by atoms with E-state index < -0.39 is 53.4 Å². The Bertz CT molecular complexity index is 701. The van der Waals surface area contributed by atoms with E-state index in [1.54, 1.807) is 0 Å². The molecular formula is C14H14F5NO4. The highest BCUT2D eigenvalue weighted by Crippen LogP contribution is 2.52. The van der Waals surface area contributed by atoms with E-state index in [-0.39, 0.29) is 5.56 Å². The third kappa shape index (κ3) is 2.79. The van der Waals surface area contributed by atoms with Crippen molar-refractivity contribution in [2.45, 2.75) is 44.1 Å². The minimum absolute atomic E-state index is 0.340. The lowest BCUT2D eigenvalue weighted by Crippen LogP contribution is -2.47. The van der Waals surface area contributed by atoms with Crippen LogP contribution in [0.4, 0.5) is 22.0 Å². The third-order valence-corrected chi connectivity index (χ3v) is 4.47. The van der Waals surface area contributed by atoms with Crippen LogP contribution in [0.15, 0.2) is 16.9 Å². The van der Waals surface area contributed by atoms with Gasteiger partial charge in [-0.2, -0.15) is 13.2 Å². The van der Waals surface area contributed by atoms with Gasteiger partial charge in [0.2, 0.25) is 0 Å². The first kappa shape index (κ1) is 18.4. The summed E-state index contributed by atoms with van der Waals surface area (Å²) >= 11 is 0. The Labute approximate surface area is 132 Å². The predicted octanol–water partition coefficient (Wildman–Crippen LogP) is 2.84. The predicted molar refractivity (Wildman–Crippen MR) is 70.9 cm³/mol. The quantitative estimate of drug-likeness (QED) is 0.818. The van der Waals surface area contributed by atoms with Crippen LogP contribution in [0.1, 0.15) is 37.4 Å². The third-order valence-electron chi connectivity index (χ3n) is 4.47. The SMILES string of the molecule is CC1C(c2ccc(C(F)F)[nH]c2=O)C(C(=O)O)OC1(C)C(F)(F)F. The van der Waals surface area contributed by atoms with E-state index in [0.29, 0.717) is 6.92 Å². The maximum Gasteiger partial charge on any atom is 0.417 e. The molecule has 10 heteroatoms. The number of carboxylic acids is 1. The first-order chi connectivity index (χ1) is 10.9. The van der Waals surface area contributed by atoms with Crippen LogP contribution in [0.2, 0.25) is 0 Å². The van der Waals surface area contributed by atoms with Crippen LogP contribution in [-0.2, 0) is 9.53 Å². The molecule has 4 unspecified atom stereocenters. The standard InChI is InChI=1S/C14H14F5NO4/c1-5-8(6-3-4-7(10(15)16)20-11(6)21)9(12(22)23)24-13(5,2)14(17,18)19/h3-5,8-10H,1-2H3,(H,20,21)(H,22,23). The van der Waals surface area contributed by atoms with Crippen molar-refractivity contribution in [3.05, 3.63) is 33.7 Å². The number of rotatable bonds is 3. The van der Waals surface area contributed by atoms with Gasteiger partial charge in [-0.25, -0.2) is 13.6 Å². The first-order valence-electron chi connectivity index (χ1n) is 6.88. The second-order valence-corrected chi connectivity index (χ2v) is 5.79. The molecule has 0 radical (unpaired) electrons. The highest BCUT2D eigenvalue weighted by atomic mass is 19.4. The molecular weight excluding hydrogens is 341 g/mol. The average molecular weight is 355 g/mol. The van der Waals surface area contributed by atoms with Gasteiger partial charge in [-0.05, 0) is 13.0 Å². The number of hydrogen-bond acceptors (Lipinski definition) is 3. The lowest BCUT2D eigenvalue weighted by molar-refractivity contribution is -0.273. The first-order valence-corrected chi connectivity index (χ1v) is 6.88. The second-order valence-electron chi connectivity index (χ2n) is 5.79. The molecule has 2 rings (SSSR count). The Morgan fingerprint density at radius 2 is 1.96 bits per heavy atom. The van der Waals surface area contributed by atoms with Crippen molar-refractivity contribution in [2.75, 3.05) is 0 Å². The van der Waals surface area contributed by atoms with Gasteiger partial charge < -0.3 is 14.8 Å². The van der Waals surface area contributed by atoms with Gasteiger partial charge in [-0.15, -0.1) is 0 Å². The number of hydrogen-bond donors (Lipinski definition) is 2. The molecule has 24 heavy (non-hydrogen) atoms. The Morgan fingerprint density at radius 1 is 1.38 bits per heavy atom. The molecule has 0 amide bonds. The molecule has 0 spiro atoms. The topological polar surface area (TPSA) is 79.4 Å². The van der Waals surface area contributed by atoms with Crippen LogP contribution in [0, 0.1) is 5.92 Å². The van der Waals surface area contributed by atoms with E-state index in [1.807, 2.05) is 4.98 Å². The fourth-order valence-electron chi connectivity index (χ4n) is 2.90. The lowest BCUT2D eigenvalue weighted by Gasteiger charge is -2.31. The molecule has 1 aliphatic rings. The number of aromatic amines is 1. The van der Waals surface area contributed by atoms with Crippen molar-refractivity contribution in [1.29, 1.82) is 0 Å². The van der Waals surface area contributed by atoms with Crippen molar-refractivity contribution < 1.29 is 36.6 Å². The monoisotopic (exact) mass is 355 g/mol. The Balaban J connectivity index is 2.55. The fraction of sp³-hybridized carbons (Fsp3) is 0.571. The highest BCUT2D eigenvalue weighted by Gasteiger charge is 2.65. The van der Waals surface area contributed by atoms with Crippen molar-refractivity contribution in [1.82, 2.24) is 4.98 Å². The molecule has 2 heterocycles. The summed E-state index contributed by atoms with van der Waals surface area (Å²) in [6.07, 6.45) is -9.77. The number of carboxylic acid groups (broad SMARTS) is 1. The van der Waals surface area contributed by atoms with E-state index in [2.05, 4.69) is 0 Å². The van der Waals surface area contributed by atoms with Crippen LogP contribution >= 0.6 is 0 Å². The van der Waals surface area contributed by atoms with E-state index in [1.165, 1.54) is 0 Å². The normalized spacial score (nSPS) is 30.8. The largest absolute Gasteiger partial charge is 0.479 e. The zero-order valence-corrected chi connectivity index (χ0v) is 12.5. The van der Waals surface area contributed by atoms with E-state index >= 15 is 0 Å². The summed E-state index contributed by atoms with van der Waals surface area (Å²) in [5, 5.41) is 9.17. The maximum absolute atomic E-state index is 13.3. The summed E-state index contributed by atoms with van der Waals surface area (Å²) in [5.41, 5.74) is -4.90. The zero-order valence-electron chi connectivity index (χ0n) is 12.5. The van der Waals surface area contributed by atoms with Crippen molar-refractivity contribution in [2.24, 2.45) is 5.92 Å². The summed E-state index contributed by atoms with van der Waals surface area (Å²) in [4.78, 5) is 25.2. The molecule has 0 bridgehead atoms. The molecule has 0 aromatic carbocycles. The molecule has 1 aromatic rings. The van der Waals surface area contributed by atoms with Crippen molar-refractivity contribution >= 4 is 5.97 Å². The summed E-state index contributed by atoms with van der Waals surface area (Å²) in [6.45, 7) is 1.82. The Kier molecular flexibility index (Phi) is 4.47. The Hall–Kier alpha value is -1.97. The molecule has 4 atom stereocenters. The number of carbonyl (C=O) groups is 1. The fourth-order valence-corrected chi connectivity index (χ4v) is 2.90. The smallest absolute Gasteiger partial charge is 0.417 e. The molecule has 2 N–H and O–H groups in total. The number of alkyl halides is 5. The average Bonchev–Trinajstić information content (AvgIpc) is 2.72. The number of ether oxygens (including phenoxy) is 1. The molecule has 1 fully saturated rings. The molecule has 134 valence electrons. The van der Waals surface area contributed by atoms with Gasteiger partial charge in [-0.1, -0.05) is 13.0 Å². The van der Waals surface area contributed by atoms with Gasteiger partial charge in [0, 0.05) is 17.4 Å². The van der Waals surface area contributed by atoms with Crippen LogP contribution < -0.4 is 5.56 Å². The second kappa shape index (κ2) is 5.83. The van der Waals surface area contributed by atoms with Gasteiger partial charge in [0.25, 0.3) is 12.0 Å². The zero-order chi connectivity index (χ0) is 18.4. The molecule has 1 aliphatic heterocycles. The molecule has 0 saturated carbocycles. The van der Waals surface area contributed by atoms with Gasteiger partial charge in [0.05, 0.1) is 5.69 Å². The van der Waals surface area contributed by atoms with Gasteiger partial charge in [0.1, 0.15) is 0 Å².